The van der Waals surface area contributed by atoms with Gasteiger partial charge in [-0.25, -0.2) is 0 Å². The van der Waals surface area contributed by atoms with Crippen LogP contribution in [-0.4, -0.2) is 55.0 Å². The molecule has 8 nitrogen and oxygen atoms in total. The van der Waals surface area contributed by atoms with Crippen molar-refractivity contribution in [3.05, 3.63) is 17.8 Å². The van der Waals surface area contributed by atoms with Crippen LogP contribution in [0.1, 0.15) is 16.9 Å². The summed E-state index contributed by atoms with van der Waals surface area (Å²) in [5.74, 6) is -0.310. The van der Waals surface area contributed by atoms with Crippen LogP contribution in [0.2, 0.25) is 0 Å². The molecule has 2 rings (SSSR count). The molecule has 20 heavy (non-hydrogen) atoms. The van der Waals surface area contributed by atoms with Crippen LogP contribution in [0.4, 0.5) is 5.82 Å². The van der Waals surface area contributed by atoms with Crippen LogP contribution in [0.25, 0.3) is 0 Å². The lowest BCUT2D eigenvalue weighted by Crippen LogP contribution is -2.44. The Morgan fingerprint density at radius 1 is 1.50 bits per heavy atom. The van der Waals surface area contributed by atoms with Gasteiger partial charge in [0.2, 0.25) is 0 Å². The summed E-state index contributed by atoms with van der Waals surface area (Å²) in [6.07, 6.45) is -0.0476. The number of carbonyl (C=O) groups excluding carboxylic acids is 2. The number of morpholine rings is 1. The van der Waals surface area contributed by atoms with E-state index in [4.69, 9.17) is 10.5 Å². The third kappa shape index (κ3) is 3.41. The topological polar surface area (TPSA) is 108 Å². The van der Waals surface area contributed by atoms with Crippen LogP contribution in [0.5, 0.6) is 0 Å². The Balaban J connectivity index is 2.01. The zero-order valence-corrected chi connectivity index (χ0v) is 11.1. The normalized spacial score (nSPS) is 18.6. The first kappa shape index (κ1) is 14.2. The standard InChI is InChI=1S/C12H16N4O4/c1-19-11(17)6-8-7-16(4-5-20-8)10-3-2-9(12(13)18)14-15-10/h2-3,8H,4-7H2,1H3,(H2,13,18). The molecule has 1 aliphatic rings. The third-order valence-corrected chi connectivity index (χ3v) is 2.99. The Morgan fingerprint density at radius 3 is 2.90 bits per heavy atom. The first-order chi connectivity index (χ1) is 9.60. The Kier molecular flexibility index (Phi) is 4.46. The molecule has 8 heteroatoms. The number of nitrogens with zero attached hydrogens (tertiary/aromatic N) is 3. The highest BCUT2D eigenvalue weighted by Crippen LogP contribution is 2.16. The van der Waals surface area contributed by atoms with Crippen molar-refractivity contribution in [1.29, 1.82) is 0 Å². The van der Waals surface area contributed by atoms with Crippen molar-refractivity contribution in [2.75, 3.05) is 31.7 Å². The molecule has 1 amide bonds. The van der Waals surface area contributed by atoms with Crippen LogP contribution in [-0.2, 0) is 14.3 Å². The molecule has 1 aliphatic heterocycles. The predicted molar refractivity (Wildman–Crippen MR) is 69.1 cm³/mol. The molecule has 1 aromatic heterocycles. The second kappa shape index (κ2) is 6.29. The van der Waals surface area contributed by atoms with Gasteiger partial charge in [-0.05, 0) is 12.1 Å². The highest BCUT2D eigenvalue weighted by Gasteiger charge is 2.24. The lowest BCUT2D eigenvalue weighted by molar-refractivity contribution is -0.144. The number of rotatable bonds is 4. The molecule has 0 aromatic carbocycles. The van der Waals surface area contributed by atoms with E-state index < -0.39 is 5.91 Å². The second-order valence-electron chi connectivity index (χ2n) is 4.36. The zero-order valence-electron chi connectivity index (χ0n) is 11.1. The SMILES string of the molecule is COC(=O)CC1CN(c2ccc(C(N)=O)nn2)CCO1. The van der Waals surface area contributed by atoms with Crippen molar-refractivity contribution < 1.29 is 19.1 Å². The van der Waals surface area contributed by atoms with E-state index >= 15 is 0 Å². The zero-order chi connectivity index (χ0) is 14.5. The molecule has 1 aromatic rings. The maximum atomic E-state index is 11.2. The summed E-state index contributed by atoms with van der Waals surface area (Å²) in [6, 6.07) is 3.20. The number of hydrogen-bond acceptors (Lipinski definition) is 7. The summed E-state index contributed by atoms with van der Waals surface area (Å²) in [7, 11) is 1.34. The monoisotopic (exact) mass is 280 g/mol. The van der Waals surface area contributed by atoms with Gasteiger partial charge >= 0.3 is 5.97 Å². The lowest BCUT2D eigenvalue weighted by atomic mass is 10.2. The highest BCUT2D eigenvalue weighted by molar-refractivity contribution is 5.90. The molecule has 1 fully saturated rings. The van der Waals surface area contributed by atoms with E-state index in [2.05, 4.69) is 14.9 Å². The molecule has 1 saturated heterocycles. The Bertz CT molecular complexity index is 491. The number of nitrogens with two attached hydrogens (primary N) is 1. The van der Waals surface area contributed by atoms with Gasteiger partial charge in [-0.2, -0.15) is 0 Å². The Hall–Kier alpha value is -2.22. The average molecular weight is 280 g/mol. The number of anilines is 1. The minimum atomic E-state index is -0.616. The Morgan fingerprint density at radius 2 is 2.30 bits per heavy atom. The average Bonchev–Trinajstić information content (AvgIpc) is 2.47. The first-order valence-electron chi connectivity index (χ1n) is 6.17. The summed E-state index contributed by atoms with van der Waals surface area (Å²) >= 11 is 0. The lowest BCUT2D eigenvalue weighted by Gasteiger charge is -2.32. The van der Waals surface area contributed by atoms with Crippen LogP contribution in [0.3, 0.4) is 0 Å². The van der Waals surface area contributed by atoms with Crippen molar-refractivity contribution in [2.45, 2.75) is 12.5 Å². The van der Waals surface area contributed by atoms with Gasteiger partial charge in [0.15, 0.2) is 11.5 Å². The molecule has 1 atom stereocenters. The minimum absolute atomic E-state index is 0.119. The highest BCUT2D eigenvalue weighted by atomic mass is 16.5. The number of carbonyl (C=O) groups is 2. The molecule has 1 unspecified atom stereocenters. The predicted octanol–water partition coefficient (Wildman–Crippen LogP) is -0.656. The largest absolute Gasteiger partial charge is 0.469 e. The number of aromatic nitrogens is 2. The van der Waals surface area contributed by atoms with Gasteiger partial charge in [0, 0.05) is 13.1 Å². The van der Waals surface area contributed by atoms with Gasteiger partial charge < -0.3 is 20.1 Å². The minimum Gasteiger partial charge on any atom is -0.469 e. The van der Waals surface area contributed by atoms with Gasteiger partial charge in [-0.15, -0.1) is 10.2 Å². The van der Waals surface area contributed by atoms with Gasteiger partial charge in [0.05, 0.1) is 26.2 Å². The van der Waals surface area contributed by atoms with E-state index in [9.17, 15) is 9.59 Å². The molecular weight excluding hydrogens is 264 g/mol. The molecule has 108 valence electrons. The molecule has 0 aliphatic carbocycles. The van der Waals surface area contributed by atoms with Crippen molar-refractivity contribution >= 4 is 17.7 Å². The van der Waals surface area contributed by atoms with Crippen molar-refractivity contribution in [3.8, 4) is 0 Å². The third-order valence-electron chi connectivity index (χ3n) is 2.99. The van der Waals surface area contributed by atoms with E-state index in [1.165, 1.54) is 13.2 Å². The summed E-state index contributed by atoms with van der Waals surface area (Å²) in [4.78, 5) is 24.1. The van der Waals surface area contributed by atoms with E-state index in [0.717, 1.165) is 0 Å². The summed E-state index contributed by atoms with van der Waals surface area (Å²) in [5.41, 5.74) is 5.23. The van der Waals surface area contributed by atoms with Crippen molar-refractivity contribution in [1.82, 2.24) is 10.2 Å². The molecule has 0 bridgehead atoms. The quantitative estimate of drug-likeness (QED) is 0.730. The molecule has 2 N–H and O–H groups in total. The number of primary amides is 1. The van der Waals surface area contributed by atoms with Gasteiger partial charge in [0.25, 0.3) is 5.91 Å². The fourth-order valence-electron chi connectivity index (χ4n) is 1.95. The number of ether oxygens (including phenoxy) is 2. The van der Waals surface area contributed by atoms with Gasteiger partial charge in [-0.3, -0.25) is 9.59 Å². The fraction of sp³-hybridized carbons (Fsp3) is 0.500. The van der Waals surface area contributed by atoms with Gasteiger partial charge in [-0.1, -0.05) is 0 Å². The maximum Gasteiger partial charge on any atom is 0.308 e. The number of esters is 1. The fourth-order valence-corrected chi connectivity index (χ4v) is 1.95. The number of amides is 1. The van der Waals surface area contributed by atoms with Crippen LogP contribution < -0.4 is 10.6 Å². The Labute approximate surface area is 115 Å². The van der Waals surface area contributed by atoms with E-state index in [0.29, 0.717) is 25.5 Å². The summed E-state index contributed by atoms with van der Waals surface area (Å²) in [6.45, 7) is 1.64. The summed E-state index contributed by atoms with van der Waals surface area (Å²) < 4.78 is 10.1. The van der Waals surface area contributed by atoms with E-state index in [1.807, 2.05) is 4.90 Å². The smallest absolute Gasteiger partial charge is 0.308 e. The molecule has 0 saturated carbocycles. The van der Waals surface area contributed by atoms with Crippen LogP contribution >= 0.6 is 0 Å². The molecule has 0 radical (unpaired) electrons. The van der Waals surface area contributed by atoms with Crippen LogP contribution in [0, 0.1) is 0 Å². The van der Waals surface area contributed by atoms with Gasteiger partial charge in [0.1, 0.15) is 0 Å². The number of methoxy groups -OCH3 is 1. The maximum absolute atomic E-state index is 11.2. The molecular formula is C12H16N4O4. The first-order valence-corrected chi connectivity index (χ1v) is 6.17. The molecule has 2 heterocycles. The second-order valence-corrected chi connectivity index (χ2v) is 4.36. The van der Waals surface area contributed by atoms with Crippen LogP contribution in [0.15, 0.2) is 12.1 Å². The molecule has 0 spiro atoms. The van der Waals surface area contributed by atoms with Crippen molar-refractivity contribution in [3.63, 3.8) is 0 Å². The van der Waals surface area contributed by atoms with E-state index in [1.54, 1.807) is 6.07 Å². The summed E-state index contributed by atoms with van der Waals surface area (Å²) in [5, 5.41) is 7.72. The van der Waals surface area contributed by atoms with E-state index in [-0.39, 0.29) is 24.2 Å². The van der Waals surface area contributed by atoms with Crippen molar-refractivity contribution in [2.24, 2.45) is 5.73 Å². The number of hydrogen-bond donors (Lipinski definition) is 1.